The summed E-state index contributed by atoms with van der Waals surface area (Å²) in [6.45, 7) is 6.02. The van der Waals surface area contributed by atoms with Gasteiger partial charge >= 0.3 is 0 Å². The molecule has 0 aromatic carbocycles. The second-order valence-corrected chi connectivity index (χ2v) is 5.05. The van der Waals surface area contributed by atoms with Crippen molar-refractivity contribution >= 4 is 0 Å². The first kappa shape index (κ1) is 12.7. The van der Waals surface area contributed by atoms with Gasteiger partial charge in [-0.25, -0.2) is 0 Å². The summed E-state index contributed by atoms with van der Waals surface area (Å²) in [4.78, 5) is 16.0. The van der Waals surface area contributed by atoms with Gasteiger partial charge in [-0.15, -0.1) is 0 Å². The van der Waals surface area contributed by atoms with E-state index in [4.69, 9.17) is 4.98 Å². The molecular weight excluding hydrogens is 248 g/mol. The Morgan fingerprint density at radius 2 is 1.35 bits per heavy atom. The van der Waals surface area contributed by atoms with Crippen molar-refractivity contribution in [3.05, 3.63) is 70.8 Å². The van der Waals surface area contributed by atoms with Gasteiger partial charge in [-0.05, 0) is 45.0 Å². The summed E-state index contributed by atoms with van der Waals surface area (Å²) in [5.41, 5.74) is 6.18. The van der Waals surface area contributed by atoms with Crippen LogP contribution in [-0.2, 0) is 0 Å². The zero-order valence-electron chi connectivity index (χ0n) is 11.9. The molecule has 2 N–H and O–H groups in total. The fraction of sp³-hybridized carbons (Fsp3) is 0.250. The molecule has 0 saturated heterocycles. The normalized spacial score (nSPS) is 11.2. The Bertz CT molecular complexity index is 662. The van der Waals surface area contributed by atoms with Gasteiger partial charge in [0, 0.05) is 23.8 Å². The van der Waals surface area contributed by atoms with E-state index in [1.807, 2.05) is 45.3 Å². The number of hydrogen-bond donors (Lipinski definition) is 2. The maximum Gasteiger partial charge on any atom is 0.0832 e. The average Bonchev–Trinajstić information content (AvgIpc) is 3.09. The van der Waals surface area contributed by atoms with E-state index in [2.05, 4.69) is 27.1 Å². The SMILES string of the molecule is Cc1nc(C)c(C(c2ccc[nH]2)c2ccc[nH]2)nc1C. The van der Waals surface area contributed by atoms with Crippen molar-refractivity contribution < 1.29 is 0 Å². The smallest absolute Gasteiger partial charge is 0.0832 e. The predicted molar refractivity (Wildman–Crippen MR) is 78.8 cm³/mol. The van der Waals surface area contributed by atoms with Crippen LogP contribution in [-0.4, -0.2) is 19.9 Å². The van der Waals surface area contributed by atoms with E-state index in [9.17, 15) is 0 Å². The largest absolute Gasteiger partial charge is 0.364 e. The number of aromatic amines is 2. The Labute approximate surface area is 118 Å². The monoisotopic (exact) mass is 266 g/mol. The third kappa shape index (κ3) is 2.13. The number of rotatable bonds is 3. The molecule has 3 rings (SSSR count). The molecule has 0 saturated carbocycles. The number of aromatic nitrogens is 4. The van der Waals surface area contributed by atoms with Gasteiger partial charge in [-0.1, -0.05) is 0 Å². The Morgan fingerprint density at radius 3 is 1.85 bits per heavy atom. The zero-order valence-corrected chi connectivity index (χ0v) is 11.9. The number of H-pyrrole nitrogens is 2. The summed E-state index contributed by atoms with van der Waals surface area (Å²) < 4.78 is 0. The van der Waals surface area contributed by atoms with Crippen molar-refractivity contribution in [2.75, 3.05) is 0 Å². The van der Waals surface area contributed by atoms with Crippen molar-refractivity contribution in [1.82, 2.24) is 19.9 Å². The van der Waals surface area contributed by atoms with E-state index in [1.165, 1.54) is 0 Å². The third-order valence-corrected chi connectivity index (χ3v) is 3.66. The topological polar surface area (TPSA) is 57.4 Å². The molecule has 102 valence electrons. The Balaban J connectivity index is 2.18. The highest BCUT2D eigenvalue weighted by molar-refractivity contribution is 5.37. The molecule has 0 fully saturated rings. The maximum atomic E-state index is 4.78. The number of hydrogen-bond acceptors (Lipinski definition) is 2. The standard InChI is InChI=1S/C16H18N4/c1-10-11(2)20-16(12(3)19-10)15(13-6-4-8-17-13)14-7-5-9-18-14/h4-9,15,17-18H,1-3H3. The van der Waals surface area contributed by atoms with E-state index in [0.717, 1.165) is 34.2 Å². The molecule has 3 aromatic rings. The fourth-order valence-electron chi connectivity index (χ4n) is 2.52. The maximum absolute atomic E-state index is 4.78. The lowest BCUT2D eigenvalue weighted by Crippen LogP contribution is -2.11. The molecule has 4 heteroatoms. The van der Waals surface area contributed by atoms with Gasteiger partial charge < -0.3 is 9.97 Å². The minimum Gasteiger partial charge on any atom is -0.364 e. The summed E-state index contributed by atoms with van der Waals surface area (Å²) >= 11 is 0. The van der Waals surface area contributed by atoms with Crippen LogP contribution in [0.2, 0.25) is 0 Å². The van der Waals surface area contributed by atoms with Crippen LogP contribution >= 0.6 is 0 Å². The van der Waals surface area contributed by atoms with Crippen LogP contribution in [0.5, 0.6) is 0 Å². The minimum absolute atomic E-state index is 0.0619. The zero-order chi connectivity index (χ0) is 14.1. The molecule has 0 radical (unpaired) electrons. The average molecular weight is 266 g/mol. The first-order valence-electron chi connectivity index (χ1n) is 6.75. The van der Waals surface area contributed by atoms with Crippen LogP contribution in [0.4, 0.5) is 0 Å². The van der Waals surface area contributed by atoms with Crippen LogP contribution in [0, 0.1) is 20.8 Å². The number of nitrogens with one attached hydrogen (secondary N) is 2. The third-order valence-electron chi connectivity index (χ3n) is 3.66. The molecule has 3 heterocycles. The first-order valence-corrected chi connectivity index (χ1v) is 6.75. The summed E-state index contributed by atoms with van der Waals surface area (Å²) in [5, 5.41) is 0. The van der Waals surface area contributed by atoms with Gasteiger partial charge in [-0.2, -0.15) is 0 Å². The van der Waals surface area contributed by atoms with Crippen molar-refractivity contribution in [1.29, 1.82) is 0 Å². The van der Waals surface area contributed by atoms with Gasteiger partial charge in [0.1, 0.15) is 0 Å². The molecule has 20 heavy (non-hydrogen) atoms. The van der Waals surface area contributed by atoms with Crippen LogP contribution in [0.25, 0.3) is 0 Å². The van der Waals surface area contributed by atoms with Crippen LogP contribution in [0.1, 0.15) is 40.1 Å². The van der Waals surface area contributed by atoms with Crippen molar-refractivity contribution in [2.45, 2.75) is 26.7 Å². The van der Waals surface area contributed by atoms with E-state index in [0.29, 0.717) is 0 Å². The summed E-state index contributed by atoms with van der Waals surface area (Å²) in [6.07, 6.45) is 3.88. The lowest BCUT2D eigenvalue weighted by molar-refractivity contribution is 0.810. The number of nitrogens with zero attached hydrogens (tertiary/aromatic N) is 2. The Hall–Kier alpha value is -2.36. The van der Waals surface area contributed by atoms with Crippen molar-refractivity contribution in [3.63, 3.8) is 0 Å². The fourth-order valence-corrected chi connectivity index (χ4v) is 2.52. The molecular formula is C16H18N4. The van der Waals surface area contributed by atoms with E-state index in [-0.39, 0.29) is 5.92 Å². The van der Waals surface area contributed by atoms with E-state index < -0.39 is 0 Å². The van der Waals surface area contributed by atoms with Gasteiger partial charge in [0.2, 0.25) is 0 Å². The highest BCUT2D eigenvalue weighted by Crippen LogP contribution is 2.30. The molecule has 0 aliphatic carbocycles. The molecule has 0 spiro atoms. The molecule has 0 unspecified atom stereocenters. The van der Waals surface area contributed by atoms with Gasteiger partial charge in [0.15, 0.2) is 0 Å². The van der Waals surface area contributed by atoms with Crippen LogP contribution < -0.4 is 0 Å². The first-order chi connectivity index (χ1) is 9.66. The Morgan fingerprint density at radius 1 is 0.800 bits per heavy atom. The van der Waals surface area contributed by atoms with Crippen LogP contribution in [0.15, 0.2) is 36.7 Å². The molecule has 4 nitrogen and oxygen atoms in total. The molecule has 0 bridgehead atoms. The molecule has 3 aromatic heterocycles. The molecule has 0 aliphatic heterocycles. The minimum atomic E-state index is 0.0619. The predicted octanol–water partition coefficient (Wildman–Crippen LogP) is 3.24. The molecule has 0 amide bonds. The number of aryl methyl sites for hydroxylation is 3. The van der Waals surface area contributed by atoms with Gasteiger partial charge in [-0.3, -0.25) is 9.97 Å². The second kappa shape index (κ2) is 4.96. The highest BCUT2D eigenvalue weighted by Gasteiger charge is 2.23. The lowest BCUT2D eigenvalue weighted by atomic mass is 9.95. The lowest BCUT2D eigenvalue weighted by Gasteiger charge is -2.17. The van der Waals surface area contributed by atoms with Gasteiger partial charge in [0.05, 0.1) is 28.7 Å². The second-order valence-electron chi connectivity index (χ2n) is 5.05. The van der Waals surface area contributed by atoms with Crippen molar-refractivity contribution in [2.24, 2.45) is 0 Å². The van der Waals surface area contributed by atoms with Crippen molar-refractivity contribution in [3.8, 4) is 0 Å². The molecule has 0 atom stereocenters. The quantitative estimate of drug-likeness (QED) is 0.764. The summed E-state index contributed by atoms with van der Waals surface area (Å²) in [6, 6.07) is 8.19. The summed E-state index contributed by atoms with van der Waals surface area (Å²) in [7, 11) is 0. The van der Waals surface area contributed by atoms with E-state index in [1.54, 1.807) is 0 Å². The van der Waals surface area contributed by atoms with Gasteiger partial charge in [0.25, 0.3) is 0 Å². The summed E-state index contributed by atoms with van der Waals surface area (Å²) in [5.74, 6) is 0.0619. The highest BCUT2D eigenvalue weighted by atomic mass is 14.9. The van der Waals surface area contributed by atoms with Crippen LogP contribution in [0.3, 0.4) is 0 Å². The van der Waals surface area contributed by atoms with E-state index >= 15 is 0 Å². The Kier molecular flexibility index (Phi) is 3.14. The molecule has 0 aliphatic rings.